The molecule has 50 valence electrons. The number of nitrogens with two attached hydrogens (primary N) is 2. The van der Waals surface area contributed by atoms with Gasteiger partial charge in [-0.05, 0) is 6.92 Å². The molecule has 0 amide bonds. The van der Waals surface area contributed by atoms with E-state index in [1.807, 2.05) is 6.92 Å². The maximum Gasteiger partial charge on any atom is 0.111 e. The minimum absolute atomic E-state index is 0.00676. The number of thiazole rings is 1. The third-order valence-electron chi connectivity index (χ3n) is 0.931. The van der Waals surface area contributed by atoms with Crippen LogP contribution in [0, 0.1) is 0 Å². The standard InChI is InChI=1S/C5H9N3S/c1-3(6)5-8-2-4(7)9-5/h2-3H,6-7H2,1H3/t3-/m0/s1. The maximum absolute atomic E-state index is 5.52. The molecule has 0 aliphatic heterocycles. The van der Waals surface area contributed by atoms with E-state index in [4.69, 9.17) is 11.5 Å². The van der Waals surface area contributed by atoms with Gasteiger partial charge < -0.3 is 11.5 Å². The van der Waals surface area contributed by atoms with Crippen LogP contribution in [0.5, 0.6) is 0 Å². The average molecular weight is 143 g/mol. The molecular weight excluding hydrogens is 134 g/mol. The topological polar surface area (TPSA) is 64.9 Å². The molecule has 0 aliphatic rings. The molecule has 1 rings (SSSR count). The van der Waals surface area contributed by atoms with E-state index >= 15 is 0 Å². The molecule has 1 aromatic rings. The van der Waals surface area contributed by atoms with Crippen molar-refractivity contribution < 1.29 is 0 Å². The molecule has 0 saturated heterocycles. The van der Waals surface area contributed by atoms with Gasteiger partial charge in [0.1, 0.15) is 10.0 Å². The van der Waals surface area contributed by atoms with Gasteiger partial charge in [0.2, 0.25) is 0 Å². The van der Waals surface area contributed by atoms with E-state index in [1.54, 1.807) is 6.20 Å². The molecule has 3 nitrogen and oxygen atoms in total. The van der Waals surface area contributed by atoms with E-state index < -0.39 is 0 Å². The van der Waals surface area contributed by atoms with Gasteiger partial charge in [0.05, 0.1) is 12.2 Å². The Hall–Kier alpha value is -0.610. The summed E-state index contributed by atoms with van der Waals surface area (Å²) in [4.78, 5) is 3.98. The van der Waals surface area contributed by atoms with Crippen LogP contribution in [0.1, 0.15) is 18.0 Å². The fraction of sp³-hybridized carbons (Fsp3) is 0.400. The van der Waals surface area contributed by atoms with Crippen LogP contribution in [0.2, 0.25) is 0 Å². The Morgan fingerprint density at radius 2 is 2.44 bits per heavy atom. The van der Waals surface area contributed by atoms with Crippen LogP contribution in [-0.4, -0.2) is 4.98 Å². The molecule has 9 heavy (non-hydrogen) atoms. The minimum Gasteiger partial charge on any atom is -0.389 e. The summed E-state index contributed by atoms with van der Waals surface area (Å²) in [6.07, 6.45) is 1.63. The Bertz CT molecular complexity index is 194. The second-order valence-corrected chi connectivity index (χ2v) is 2.98. The summed E-state index contributed by atoms with van der Waals surface area (Å²) in [6, 6.07) is 0.00676. The Morgan fingerprint density at radius 3 is 2.67 bits per heavy atom. The molecule has 0 unspecified atom stereocenters. The molecule has 0 saturated carbocycles. The quantitative estimate of drug-likeness (QED) is 0.609. The van der Waals surface area contributed by atoms with E-state index in [0.717, 1.165) is 10.0 Å². The van der Waals surface area contributed by atoms with Crippen LogP contribution < -0.4 is 11.5 Å². The Labute approximate surface area is 57.7 Å². The highest BCUT2D eigenvalue weighted by molar-refractivity contribution is 7.15. The van der Waals surface area contributed by atoms with E-state index in [2.05, 4.69) is 4.98 Å². The number of nitrogen functional groups attached to an aromatic ring is 1. The van der Waals surface area contributed by atoms with Crippen molar-refractivity contribution in [1.82, 2.24) is 4.98 Å². The third-order valence-corrected chi connectivity index (χ3v) is 1.96. The predicted octanol–water partition coefficient (Wildman–Crippen LogP) is 0.745. The predicted molar refractivity (Wildman–Crippen MR) is 39.1 cm³/mol. The van der Waals surface area contributed by atoms with Crippen LogP contribution in [-0.2, 0) is 0 Å². The van der Waals surface area contributed by atoms with Gasteiger partial charge in [-0.25, -0.2) is 4.98 Å². The fourth-order valence-electron chi connectivity index (χ4n) is 0.511. The summed E-state index contributed by atoms with van der Waals surface area (Å²) in [7, 11) is 0. The molecule has 4 N–H and O–H groups in total. The van der Waals surface area contributed by atoms with Crippen molar-refractivity contribution in [2.24, 2.45) is 5.73 Å². The highest BCUT2D eigenvalue weighted by Gasteiger charge is 2.02. The molecule has 0 fully saturated rings. The molecule has 0 spiro atoms. The molecule has 4 heteroatoms. The van der Waals surface area contributed by atoms with Crippen LogP contribution in [0.4, 0.5) is 5.00 Å². The van der Waals surface area contributed by atoms with Crippen LogP contribution in [0.25, 0.3) is 0 Å². The van der Waals surface area contributed by atoms with Crippen molar-refractivity contribution in [1.29, 1.82) is 0 Å². The van der Waals surface area contributed by atoms with Crippen molar-refractivity contribution in [2.45, 2.75) is 13.0 Å². The largest absolute Gasteiger partial charge is 0.389 e. The second-order valence-electron chi connectivity index (χ2n) is 1.89. The van der Waals surface area contributed by atoms with E-state index in [9.17, 15) is 0 Å². The number of aromatic nitrogens is 1. The maximum atomic E-state index is 5.52. The van der Waals surface area contributed by atoms with Gasteiger partial charge in [-0.3, -0.25) is 0 Å². The smallest absolute Gasteiger partial charge is 0.111 e. The van der Waals surface area contributed by atoms with Crippen molar-refractivity contribution in [2.75, 3.05) is 5.73 Å². The molecular formula is C5H9N3S. The van der Waals surface area contributed by atoms with Crippen LogP contribution >= 0.6 is 11.3 Å². The highest BCUT2D eigenvalue weighted by Crippen LogP contribution is 2.18. The first kappa shape index (κ1) is 6.51. The second kappa shape index (κ2) is 2.33. The zero-order valence-electron chi connectivity index (χ0n) is 5.16. The molecule has 0 bridgehead atoms. The number of rotatable bonds is 1. The summed E-state index contributed by atoms with van der Waals surface area (Å²) >= 11 is 1.44. The monoisotopic (exact) mass is 143 g/mol. The number of anilines is 1. The molecule has 1 atom stereocenters. The zero-order valence-corrected chi connectivity index (χ0v) is 5.98. The first-order valence-corrected chi connectivity index (χ1v) is 3.48. The summed E-state index contributed by atoms with van der Waals surface area (Å²) in [5, 5.41) is 1.62. The first-order chi connectivity index (χ1) is 4.20. The molecule has 1 heterocycles. The zero-order chi connectivity index (χ0) is 6.85. The van der Waals surface area contributed by atoms with Gasteiger partial charge in [0.25, 0.3) is 0 Å². The van der Waals surface area contributed by atoms with Gasteiger partial charge in [0.15, 0.2) is 0 Å². The molecule has 0 aliphatic carbocycles. The minimum atomic E-state index is 0.00676. The van der Waals surface area contributed by atoms with Gasteiger partial charge in [-0.2, -0.15) is 0 Å². The number of hydrogen-bond acceptors (Lipinski definition) is 4. The molecule has 1 aromatic heterocycles. The van der Waals surface area contributed by atoms with Crippen molar-refractivity contribution in [3.05, 3.63) is 11.2 Å². The first-order valence-electron chi connectivity index (χ1n) is 2.67. The number of nitrogens with zero attached hydrogens (tertiary/aromatic N) is 1. The van der Waals surface area contributed by atoms with E-state index in [-0.39, 0.29) is 6.04 Å². The molecule has 0 radical (unpaired) electrons. The number of hydrogen-bond donors (Lipinski definition) is 2. The lowest BCUT2D eigenvalue weighted by molar-refractivity contribution is 0.807. The van der Waals surface area contributed by atoms with Gasteiger partial charge >= 0.3 is 0 Å². The van der Waals surface area contributed by atoms with Crippen molar-refractivity contribution >= 4 is 16.3 Å². The SMILES string of the molecule is C[C@H](N)c1ncc(N)s1. The van der Waals surface area contributed by atoms with Crippen molar-refractivity contribution in [3.63, 3.8) is 0 Å². The summed E-state index contributed by atoms with van der Waals surface area (Å²) < 4.78 is 0. The van der Waals surface area contributed by atoms with E-state index in [0.29, 0.717) is 0 Å². The lowest BCUT2D eigenvalue weighted by atomic mass is 10.4. The van der Waals surface area contributed by atoms with Gasteiger partial charge in [-0.1, -0.05) is 0 Å². The molecule has 0 aromatic carbocycles. The van der Waals surface area contributed by atoms with Crippen LogP contribution in [0.15, 0.2) is 6.20 Å². The normalized spacial score (nSPS) is 13.6. The van der Waals surface area contributed by atoms with Gasteiger partial charge in [-0.15, -0.1) is 11.3 Å². The lowest BCUT2D eigenvalue weighted by Gasteiger charge is -1.94. The summed E-state index contributed by atoms with van der Waals surface area (Å²) in [5.74, 6) is 0. The fourth-order valence-corrected chi connectivity index (χ4v) is 1.15. The van der Waals surface area contributed by atoms with Crippen molar-refractivity contribution in [3.8, 4) is 0 Å². The van der Waals surface area contributed by atoms with Crippen LogP contribution in [0.3, 0.4) is 0 Å². The lowest BCUT2D eigenvalue weighted by Crippen LogP contribution is -2.03. The Balaban J connectivity index is 2.85. The van der Waals surface area contributed by atoms with Gasteiger partial charge in [0, 0.05) is 0 Å². The third kappa shape index (κ3) is 1.40. The van der Waals surface area contributed by atoms with E-state index in [1.165, 1.54) is 11.3 Å². The Kier molecular flexibility index (Phi) is 1.68. The average Bonchev–Trinajstić information content (AvgIpc) is 2.14. The summed E-state index contributed by atoms with van der Waals surface area (Å²) in [6.45, 7) is 1.89. The summed E-state index contributed by atoms with van der Waals surface area (Å²) in [5.41, 5.74) is 10.9. The highest BCUT2D eigenvalue weighted by atomic mass is 32.1. The Morgan fingerprint density at radius 1 is 1.78 bits per heavy atom.